The molecule has 0 atom stereocenters. The second kappa shape index (κ2) is 6.42. The Labute approximate surface area is 157 Å². The lowest BCUT2D eigenvalue weighted by molar-refractivity contribution is 0.100. The van der Waals surface area contributed by atoms with Crippen molar-refractivity contribution in [1.82, 2.24) is 0 Å². The number of carbonyl (C=O) groups is 1. The number of nitrogens with two attached hydrogens (primary N) is 1. The van der Waals surface area contributed by atoms with Crippen LogP contribution in [-0.2, 0) is 10.8 Å². The summed E-state index contributed by atoms with van der Waals surface area (Å²) in [7, 11) is 0. The average molecular weight is 348 g/mol. The minimum Gasteiger partial charge on any atom is -0.366 e. The standard InChI is InChI=1S/C24H29NO/c1-16(14-17-6-8-18(9-7-17)22(25)26)19-10-11-20-21(15-19)24(4,5)13-12-23(20,2)3/h6-11,14-15H,12-13H2,1-5H3,(H2,25,26)/b16-14+. The molecule has 1 amide bonds. The summed E-state index contributed by atoms with van der Waals surface area (Å²) in [5.41, 5.74) is 12.8. The van der Waals surface area contributed by atoms with Crippen molar-refractivity contribution in [3.05, 3.63) is 70.3 Å². The minimum atomic E-state index is -0.392. The molecule has 0 radical (unpaired) electrons. The van der Waals surface area contributed by atoms with Gasteiger partial charge in [-0.3, -0.25) is 4.79 Å². The van der Waals surface area contributed by atoms with Crippen molar-refractivity contribution in [2.24, 2.45) is 5.73 Å². The highest BCUT2D eigenvalue weighted by atomic mass is 16.1. The number of carbonyl (C=O) groups excluding carboxylic acids is 1. The molecule has 0 unspecified atom stereocenters. The fourth-order valence-corrected chi connectivity index (χ4v) is 3.91. The van der Waals surface area contributed by atoms with E-state index in [4.69, 9.17) is 5.73 Å². The van der Waals surface area contributed by atoms with Crippen LogP contribution in [0.3, 0.4) is 0 Å². The van der Waals surface area contributed by atoms with Crippen LogP contribution in [0.5, 0.6) is 0 Å². The number of hydrogen-bond donors (Lipinski definition) is 1. The first kappa shape index (κ1) is 18.4. The van der Waals surface area contributed by atoms with Gasteiger partial charge in [-0.2, -0.15) is 0 Å². The Bertz CT molecular complexity index is 870. The zero-order chi connectivity index (χ0) is 19.1. The summed E-state index contributed by atoms with van der Waals surface area (Å²) >= 11 is 0. The molecule has 0 saturated carbocycles. The highest BCUT2D eigenvalue weighted by molar-refractivity contribution is 5.93. The molecule has 2 nitrogen and oxygen atoms in total. The predicted octanol–water partition coefficient (Wildman–Crippen LogP) is 5.70. The number of rotatable bonds is 3. The van der Waals surface area contributed by atoms with Crippen molar-refractivity contribution >= 4 is 17.6 Å². The van der Waals surface area contributed by atoms with Gasteiger partial charge in [0.05, 0.1) is 0 Å². The van der Waals surface area contributed by atoms with E-state index < -0.39 is 5.91 Å². The van der Waals surface area contributed by atoms with E-state index in [1.54, 1.807) is 12.1 Å². The van der Waals surface area contributed by atoms with Crippen molar-refractivity contribution < 1.29 is 4.79 Å². The normalized spacial score (nSPS) is 18.3. The number of amides is 1. The van der Waals surface area contributed by atoms with E-state index in [0.717, 1.165) is 5.56 Å². The van der Waals surface area contributed by atoms with Gasteiger partial charge in [-0.1, -0.05) is 64.1 Å². The summed E-state index contributed by atoms with van der Waals surface area (Å²) in [6.45, 7) is 11.6. The summed E-state index contributed by atoms with van der Waals surface area (Å²) in [6, 6.07) is 14.4. The molecule has 0 fully saturated rings. The molecule has 2 N–H and O–H groups in total. The van der Waals surface area contributed by atoms with E-state index in [1.165, 1.54) is 35.1 Å². The first-order valence-electron chi connectivity index (χ1n) is 9.34. The van der Waals surface area contributed by atoms with Gasteiger partial charge in [0, 0.05) is 5.56 Å². The predicted molar refractivity (Wildman–Crippen MR) is 110 cm³/mol. The maximum atomic E-state index is 11.2. The Balaban J connectivity index is 1.98. The largest absolute Gasteiger partial charge is 0.366 e. The molecule has 0 spiro atoms. The third-order valence-corrected chi connectivity index (χ3v) is 5.89. The maximum absolute atomic E-state index is 11.2. The van der Waals surface area contributed by atoms with E-state index in [2.05, 4.69) is 58.9 Å². The molecular formula is C24H29NO. The highest BCUT2D eigenvalue weighted by Crippen LogP contribution is 2.46. The molecule has 1 aliphatic carbocycles. The Morgan fingerprint density at radius 3 is 2.00 bits per heavy atom. The third kappa shape index (κ3) is 3.46. The van der Waals surface area contributed by atoms with Crippen molar-refractivity contribution in [1.29, 1.82) is 0 Å². The summed E-state index contributed by atoms with van der Waals surface area (Å²) in [6.07, 6.45) is 4.61. The van der Waals surface area contributed by atoms with Crippen LogP contribution in [0.4, 0.5) is 0 Å². The molecule has 0 aromatic heterocycles. The van der Waals surface area contributed by atoms with Gasteiger partial charge in [-0.05, 0) is 70.6 Å². The second-order valence-electron chi connectivity index (χ2n) is 8.84. The molecule has 0 bridgehead atoms. The van der Waals surface area contributed by atoms with Crippen molar-refractivity contribution in [3.63, 3.8) is 0 Å². The van der Waals surface area contributed by atoms with E-state index in [0.29, 0.717) is 5.56 Å². The molecule has 2 aromatic rings. The monoisotopic (exact) mass is 347 g/mol. The van der Waals surface area contributed by atoms with Crippen LogP contribution in [0, 0.1) is 0 Å². The van der Waals surface area contributed by atoms with Crippen LogP contribution in [0.25, 0.3) is 11.6 Å². The Hall–Kier alpha value is -2.35. The molecule has 0 aliphatic heterocycles. The molecule has 26 heavy (non-hydrogen) atoms. The summed E-state index contributed by atoms with van der Waals surface area (Å²) in [5, 5.41) is 0. The highest BCUT2D eigenvalue weighted by Gasteiger charge is 2.36. The Morgan fingerprint density at radius 2 is 1.42 bits per heavy atom. The lowest BCUT2D eigenvalue weighted by Crippen LogP contribution is -2.33. The molecular weight excluding hydrogens is 318 g/mol. The van der Waals surface area contributed by atoms with Gasteiger partial charge in [-0.25, -0.2) is 0 Å². The van der Waals surface area contributed by atoms with Crippen LogP contribution < -0.4 is 5.73 Å². The minimum absolute atomic E-state index is 0.213. The van der Waals surface area contributed by atoms with Gasteiger partial charge in [0.15, 0.2) is 0 Å². The van der Waals surface area contributed by atoms with Crippen molar-refractivity contribution in [2.75, 3.05) is 0 Å². The van der Waals surface area contributed by atoms with Crippen molar-refractivity contribution in [2.45, 2.75) is 58.3 Å². The fraction of sp³-hybridized carbons (Fsp3) is 0.375. The lowest BCUT2D eigenvalue weighted by Gasteiger charge is -2.42. The summed E-state index contributed by atoms with van der Waals surface area (Å²) < 4.78 is 0. The van der Waals surface area contributed by atoms with Crippen LogP contribution in [0.15, 0.2) is 42.5 Å². The lowest BCUT2D eigenvalue weighted by atomic mass is 9.63. The van der Waals surface area contributed by atoms with Crippen LogP contribution in [-0.4, -0.2) is 5.91 Å². The van der Waals surface area contributed by atoms with Gasteiger partial charge < -0.3 is 5.73 Å². The van der Waals surface area contributed by atoms with Gasteiger partial charge in [0.1, 0.15) is 0 Å². The van der Waals surface area contributed by atoms with Gasteiger partial charge in [-0.15, -0.1) is 0 Å². The zero-order valence-electron chi connectivity index (χ0n) is 16.5. The number of hydrogen-bond acceptors (Lipinski definition) is 1. The second-order valence-corrected chi connectivity index (χ2v) is 8.84. The topological polar surface area (TPSA) is 43.1 Å². The quantitative estimate of drug-likeness (QED) is 0.712. The van der Waals surface area contributed by atoms with Gasteiger partial charge in [0.2, 0.25) is 5.91 Å². The van der Waals surface area contributed by atoms with E-state index in [1.807, 2.05) is 12.1 Å². The smallest absolute Gasteiger partial charge is 0.248 e. The van der Waals surface area contributed by atoms with Crippen molar-refractivity contribution in [3.8, 4) is 0 Å². The van der Waals surface area contributed by atoms with Gasteiger partial charge >= 0.3 is 0 Å². The average Bonchev–Trinajstić information content (AvgIpc) is 2.59. The Kier molecular flexibility index (Phi) is 4.56. The Morgan fingerprint density at radius 1 is 0.885 bits per heavy atom. The van der Waals surface area contributed by atoms with Gasteiger partial charge in [0.25, 0.3) is 0 Å². The number of benzene rings is 2. The molecule has 2 aromatic carbocycles. The fourth-order valence-electron chi connectivity index (χ4n) is 3.91. The summed E-state index contributed by atoms with van der Waals surface area (Å²) in [5.74, 6) is -0.392. The molecule has 2 heteroatoms. The molecule has 3 rings (SSSR count). The zero-order valence-corrected chi connectivity index (χ0v) is 16.5. The number of fused-ring (bicyclic) bond motifs is 1. The molecule has 0 heterocycles. The van der Waals surface area contributed by atoms with Crippen LogP contribution in [0.2, 0.25) is 0 Å². The van der Waals surface area contributed by atoms with E-state index in [9.17, 15) is 4.79 Å². The molecule has 1 aliphatic rings. The maximum Gasteiger partial charge on any atom is 0.248 e. The van der Waals surface area contributed by atoms with Crippen LogP contribution >= 0.6 is 0 Å². The number of primary amides is 1. The SMILES string of the molecule is C/C(=C\c1ccc(C(N)=O)cc1)c1ccc2c(c1)C(C)(C)CCC2(C)C. The third-order valence-electron chi connectivity index (χ3n) is 5.89. The molecule has 0 saturated heterocycles. The first-order chi connectivity index (χ1) is 12.1. The molecule has 136 valence electrons. The van der Waals surface area contributed by atoms with Crippen LogP contribution in [0.1, 0.15) is 80.1 Å². The van der Waals surface area contributed by atoms with E-state index >= 15 is 0 Å². The first-order valence-corrected chi connectivity index (χ1v) is 9.34. The summed E-state index contributed by atoms with van der Waals surface area (Å²) in [4.78, 5) is 11.2. The van der Waals surface area contributed by atoms with E-state index in [-0.39, 0.29) is 10.8 Å². The number of allylic oxidation sites excluding steroid dienone is 1.